The highest BCUT2D eigenvalue weighted by molar-refractivity contribution is 5.95. The van der Waals surface area contributed by atoms with Gasteiger partial charge in [-0.2, -0.15) is 0 Å². The highest BCUT2D eigenvalue weighted by Gasteiger charge is 2.17. The van der Waals surface area contributed by atoms with Gasteiger partial charge < -0.3 is 10.6 Å². The van der Waals surface area contributed by atoms with E-state index in [0.717, 1.165) is 43.5 Å². The summed E-state index contributed by atoms with van der Waals surface area (Å²) < 4.78 is 0. The van der Waals surface area contributed by atoms with Gasteiger partial charge in [0.1, 0.15) is 0 Å². The van der Waals surface area contributed by atoms with Crippen molar-refractivity contribution < 1.29 is 4.79 Å². The molecule has 1 fully saturated rings. The van der Waals surface area contributed by atoms with Crippen LogP contribution in [0.15, 0.2) is 24.3 Å². The maximum Gasteiger partial charge on any atom is 0.251 e. The Morgan fingerprint density at radius 2 is 2.29 bits per heavy atom. The molecule has 1 atom stereocenters. The van der Waals surface area contributed by atoms with E-state index in [-0.39, 0.29) is 11.9 Å². The third-order valence-electron chi connectivity index (χ3n) is 3.27. The third kappa shape index (κ3) is 3.07. The number of piperidine rings is 1. The fourth-order valence-electron chi connectivity index (χ4n) is 2.29. The zero-order valence-corrected chi connectivity index (χ0v) is 10.3. The van der Waals surface area contributed by atoms with E-state index in [4.69, 9.17) is 0 Å². The van der Waals surface area contributed by atoms with E-state index in [2.05, 4.69) is 17.6 Å². The number of carbonyl (C=O) groups is 1. The van der Waals surface area contributed by atoms with Crippen LogP contribution in [0, 0.1) is 0 Å². The third-order valence-corrected chi connectivity index (χ3v) is 3.27. The summed E-state index contributed by atoms with van der Waals surface area (Å²) >= 11 is 0. The maximum absolute atomic E-state index is 12.2. The molecule has 1 aromatic carbocycles. The molecule has 1 saturated heterocycles. The van der Waals surface area contributed by atoms with Crippen LogP contribution in [-0.2, 0) is 6.42 Å². The molecule has 1 aromatic rings. The lowest BCUT2D eigenvalue weighted by Crippen LogP contribution is -2.45. The monoisotopic (exact) mass is 232 g/mol. The topological polar surface area (TPSA) is 41.1 Å². The van der Waals surface area contributed by atoms with Gasteiger partial charge in [0.2, 0.25) is 0 Å². The molecule has 3 nitrogen and oxygen atoms in total. The second-order valence-electron chi connectivity index (χ2n) is 4.53. The summed E-state index contributed by atoms with van der Waals surface area (Å²) in [4.78, 5) is 12.2. The summed E-state index contributed by atoms with van der Waals surface area (Å²) in [5.41, 5.74) is 1.94. The molecular formula is C14H20N2O. The average Bonchev–Trinajstić information content (AvgIpc) is 2.40. The minimum atomic E-state index is 0.0659. The predicted octanol–water partition coefficient (Wildman–Crippen LogP) is 1.73. The fourth-order valence-corrected chi connectivity index (χ4v) is 2.29. The Kier molecular flexibility index (Phi) is 4.15. The van der Waals surface area contributed by atoms with Gasteiger partial charge in [-0.15, -0.1) is 0 Å². The lowest BCUT2D eigenvalue weighted by Gasteiger charge is -2.24. The van der Waals surface area contributed by atoms with Crippen molar-refractivity contribution in [3.63, 3.8) is 0 Å². The van der Waals surface area contributed by atoms with E-state index >= 15 is 0 Å². The number of nitrogens with one attached hydrogen (secondary N) is 2. The second kappa shape index (κ2) is 5.82. The number of amides is 1. The first-order valence-corrected chi connectivity index (χ1v) is 6.40. The minimum absolute atomic E-state index is 0.0659. The lowest BCUT2D eigenvalue weighted by molar-refractivity contribution is 0.0930. The first-order chi connectivity index (χ1) is 8.31. The van der Waals surface area contributed by atoms with E-state index < -0.39 is 0 Å². The molecule has 0 aromatic heterocycles. The number of hydrogen-bond acceptors (Lipinski definition) is 2. The van der Waals surface area contributed by atoms with Gasteiger partial charge >= 0.3 is 0 Å². The Morgan fingerprint density at radius 1 is 1.47 bits per heavy atom. The molecule has 3 heteroatoms. The summed E-state index contributed by atoms with van der Waals surface area (Å²) in [7, 11) is 0. The van der Waals surface area contributed by atoms with E-state index in [1.54, 1.807) is 0 Å². The minimum Gasteiger partial charge on any atom is -0.348 e. The average molecular weight is 232 g/mol. The number of benzene rings is 1. The van der Waals surface area contributed by atoms with Crippen molar-refractivity contribution >= 4 is 5.91 Å². The van der Waals surface area contributed by atoms with E-state index in [0.29, 0.717) is 0 Å². The van der Waals surface area contributed by atoms with Gasteiger partial charge in [-0.1, -0.05) is 25.1 Å². The van der Waals surface area contributed by atoms with Gasteiger partial charge in [0.15, 0.2) is 0 Å². The van der Waals surface area contributed by atoms with Crippen LogP contribution < -0.4 is 10.6 Å². The molecule has 17 heavy (non-hydrogen) atoms. The van der Waals surface area contributed by atoms with Crippen LogP contribution in [0.25, 0.3) is 0 Å². The number of rotatable bonds is 3. The van der Waals surface area contributed by atoms with Crippen molar-refractivity contribution in [3.8, 4) is 0 Å². The highest BCUT2D eigenvalue weighted by atomic mass is 16.1. The summed E-state index contributed by atoms with van der Waals surface area (Å²) in [6.07, 6.45) is 3.11. The predicted molar refractivity (Wildman–Crippen MR) is 69.2 cm³/mol. The smallest absolute Gasteiger partial charge is 0.251 e. The van der Waals surface area contributed by atoms with Crippen LogP contribution in [0.1, 0.15) is 35.7 Å². The van der Waals surface area contributed by atoms with Crippen LogP contribution in [0.5, 0.6) is 0 Å². The van der Waals surface area contributed by atoms with Gasteiger partial charge in [0.25, 0.3) is 5.91 Å². The van der Waals surface area contributed by atoms with E-state index in [9.17, 15) is 4.79 Å². The normalized spacial score (nSPS) is 19.9. The van der Waals surface area contributed by atoms with Crippen molar-refractivity contribution in [2.75, 3.05) is 13.1 Å². The van der Waals surface area contributed by atoms with Crippen molar-refractivity contribution in [1.29, 1.82) is 0 Å². The van der Waals surface area contributed by atoms with Crippen LogP contribution in [-0.4, -0.2) is 25.0 Å². The van der Waals surface area contributed by atoms with E-state index in [1.807, 2.05) is 24.3 Å². The molecule has 1 aliphatic heterocycles. The quantitative estimate of drug-likeness (QED) is 0.833. The Morgan fingerprint density at radius 3 is 3.00 bits per heavy atom. The highest BCUT2D eigenvalue weighted by Crippen LogP contribution is 2.10. The molecule has 0 aliphatic carbocycles. The Hall–Kier alpha value is -1.35. The van der Waals surface area contributed by atoms with Gasteiger partial charge in [0, 0.05) is 18.2 Å². The molecule has 1 aliphatic rings. The number of carbonyl (C=O) groups excluding carboxylic acids is 1. The first kappa shape index (κ1) is 12.1. The molecule has 92 valence electrons. The van der Waals surface area contributed by atoms with Crippen LogP contribution in [0.2, 0.25) is 0 Å². The SMILES string of the molecule is CCc1ccccc1C(=O)N[C@H]1CCCNC1. The fraction of sp³-hybridized carbons (Fsp3) is 0.500. The molecule has 0 spiro atoms. The molecule has 1 heterocycles. The van der Waals surface area contributed by atoms with Crippen molar-refractivity contribution in [2.24, 2.45) is 0 Å². The Balaban J connectivity index is 2.03. The molecule has 0 bridgehead atoms. The lowest BCUT2D eigenvalue weighted by atomic mass is 10.0. The Bertz CT molecular complexity index is 384. The zero-order valence-electron chi connectivity index (χ0n) is 10.3. The van der Waals surface area contributed by atoms with Crippen LogP contribution in [0.4, 0.5) is 0 Å². The standard InChI is InChI=1S/C14H20N2O/c1-2-11-6-3-4-8-13(11)14(17)16-12-7-5-9-15-10-12/h3-4,6,8,12,15H,2,5,7,9-10H2,1H3,(H,16,17)/t12-/m0/s1. The molecule has 2 rings (SSSR count). The number of hydrogen-bond donors (Lipinski definition) is 2. The van der Waals surface area contributed by atoms with Crippen molar-refractivity contribution in [3.05, 3.63) is 35.4 Å². The summed E-state index contributed by atoms with van der Waals surface area (Å²) in [6.45, 7) is 4.03. The Labute approximate surface area is 103 Å². The molecular weight excluding hydrogens is 212 g/mol. The van der Waals surface area contributed by atoms with Crippen LogP contribution >= 0.6 is 0 Å². The summed E-state index contributed by atoms with van der Waals surface area (Å²) in [5.74, 6) is 0.0659. The van der Waals surface area contributed by atoms with Crippen molar-refractivity contribution in [2.45, 2.75) is 32.2 Å². The molecule has 0 radical (unpaired) electrons. The second-order valence-corrected chi connectivity index (χ2v) is 4.53. The molecule has 2 N–H and O–H groups in total. The zero-order chi connectivity index (χ0) is 12.1. The number of aryl methyl sites for hydroxylation is 1. The van der Waals surface area contributed by atoms with Crippen molar-refractivity contribution in [1.82, 2.24) is 10.6 Å². The van der Waals surface area contributed by atoms with Crippen LogP contribution in [0.3, 0.4) is 0 Å². The van der Waals surface area contributed by atoms with E-state index in [1.165, 1.54) is 0 Å². The summed E-state index contributed by atoms with van der Waals surface area (Å²) in [6, 6.07) is 8.12. The van der Waals surface area contributed by atoms with Gasteiger partial charge in [-0.25, -0.2) is 0 Å². The van der Waals surface area contributed by atoms with Gasteiger partial charge in [0.05, 0.1) is 0 Å². The molecule has 1 amide bonds. The first-order valence-electron chi connectivity index (χ1n) is 6.40. The molecule has 0 unspecified atom stereocenters. The summed E-state index contributed by atoms with van der Waals surface area (Å²) in [5, 5.41) is 6.41. The van der Waals surface area contributed by atoms with Gasteiger partial charge in [-0.05, 0) is 37.4 Å². The van der Waals surface area contributed by atoms with Gasteiger partial charge in [-0.3, -0.25) is 4.79 Å². The largest absolute Gasteiger partial charge is 0.348 e. The maximum atomic E-state index is 12.2. The molecule has 0 saturated carbocycles.